The maximum absolute atomic E-state index is 11.4. The van der Waals surface area contributed by atoms with Gasteiger partial charge in [0.1, 0.15) is 0 Å². The molecular weight excluding hydrogens is 254 g/mol. The molecule has 0 heterocycles. The van der Waals surface area contributed by atoms with Crippen LogP contribution >= 0.6 is 0 Å². The molecule has 0 aliphatic rings. The number of hydrogen-bond acceptors (Lipinski definition) is 2. The Morgan fingerprint density at radius 1 is 0.800 bits per heavy atom. The molecule has 5 heteroatoms. The molecule has 0 radical (unpaired) electrons. The van der Waals surface area contributed by atoms with E-state index < -0.39 is 0 Å². The van der Waals surface area contributed by atoms with Gasteiger partial charge in [-0.3, -0.25) is 4.79 Å². The number of rotatable bonds is 13. The highest BCUT2D eigenvalue weighted by molar-refractivity contribution is 5.74. The first-order valence-corrected chi connectivity index (χ1v) is 7.96. The summed E-state index contributed by atoms with van der Waals surface area (Å²) in [5.74, 6) is -0.255. The number of primary amides is 1. The van der Waals surface area contributed by atoms with Crippen molar-refractivity contribution >= 4 is 11.9 Å². The van der Waals surface area contributed by atoms with Gasteiger partial charge in [-0.15, -0.1) is 0 Å². The molecule has 3 amide bonds. The molecule has 5 nitrogen and oxygen atoms in total. The van der Waals surface area contributed by atoms with Crippen molar-refractivity contribution in [2.45, 2.75) is 71.1 Å². The standard InChI is InChI=1S/C15H31N3O2/c1-2-3-4-5-6-9-12-17-15(20)18-13-10-7-8-11-14(16)19/h2-13H2,1H3,(H2,16,19)(H2,17,18,20). The molecule has 20 heavy (non-hydrogen) atoms. The van der Waals surface area contributed by atoms with Crippen molar-refractivity contribution in [3.05, 3.63) is 0 Å². The third-order valence-electron chi connectivity index (χ3n) is 3.20. The van der Waals surface area contributed by atoms with Crippen LogP contribution in [0.1, 0.15) is 71.1 Å². The lowest BCUT2D eigenvalue weighted by Crippen LogP contribution is -2.36. The van der Waals surface area contributed by atoms with Crippen molar-refractivity contribution in [2.75, 3.05) is 13.1 Å². The lowest BCUT2D eigenvalue weighted by atomic mass is 10.1. The lowest BCUT2D eigenvalue weighted by molar-refractivity contribution is -0.118. The summed E-state index contributed by atoms with van der Waals surface area (Å²) in [5.41, 5.74) is 5.04. The smallest absolute Gasteiger partial charge is 0.314 e. The van der Waals surface area contributed by atoms with E-state index in [0.717, 1.165) is 32.2 Å². The Labute approximate surface area is 123 Å². The molecule has 0 atom stereocenters. The number of unbranched alkanes of at least 4 members (excludes halogenated alkanes) is 7. The molecule has 0 rings (SSSR count). The predicted molar refractivity (Wildman–Crippen MR) is 82.4 cm³/mol. The minimum absolute atomic E-state index is 0.0894. The topological polar surface area (TPSA) is 84.2 Å². The van der Waals surface area contributed by atoms with Crippen LogP contribution in [0.2, 0.25) is 0 Å². The van der Waals surface area contributed by atoms with Gasteiger partial charge in [-0.1, -0.05) is 45.4 Å². The fourth-order valence-electron chi connectivity index (χ4n) is 1.97. The van der Waals surface area contributed by atoms with E-state index in [0.29, 0.717) is 13.0 Å². The molecule has 118 valence electrons. The third kappa shape index (κ3) is 14.8. The molecule has 0 fully saturated rings. The second-order valence-electron chi connectivity index (χ2n) is 5.23. The molecule has 0 aromatic carbocycles. The Bertz CT molecular complexity index is 258. The van der Waals surface area contributed by atoms with E-state index in [2.05, 4.69) is 17.6 Å². The zero-order valence-electron chi connectivity index (χ0n) is 12.9. The minimum Gasteiger partial charge on any atom is -0.370 e. The largest absolute Gasteiger partial charge is 0.370 e. The minimum atomic E-state index is -0.255. The summed E-state index contributed by atoms with van der Waals surface area (Å²) in [7, 11) is 0. The summed E-state index contributed by atoms with van der Waals surface area (Å²) in [6.07, 6.45) is 10.4. The van der Waals surface area contributed by atoms with Crippen LogP contribution in [-0.2, 0) is 4.79 Å². The highest BCUT2D eigenvalue weighted by Gasteiger charge is 1.99. The highest BCUT2D eigenvalue weighted by atomic mass is 16.2. The van der Waals surface area contributed by atoms with E-state index in [4.69, 9.17) is 5.73 Å². The summed E-state index contributed by atoms with van der Waals surface area (Å²) in [5, 5.41) is 5.67. The zero-order valence-corrected chi connectivity index (χ0v) is 12.9. The van der Waals surface area contributed by atoms with Gasteiger partial charge < -0.3 is 16.4 Å². The van der Waals surface area contributed by atoms with E-state index >= 15 is 0 Å². The Morgan fingerprint density at radius 3 is 1.85 bits per heavy atom. The highest BCUT2D eigenvalue weighted by Crippen LogP contribution is 2.04. The summed E-state index contributed by atoms with van der Waals surface area (Å²) in [6.45, 7) is 3.61. The van der Waals surface area contributed by atoms with Crippen LogP contribution in [0.4, 0.5) is 4.79 Å². The van der Waals surface area contributed by atoms with Crippen LogP contribution in [0, 0.1) is 0 Å². The number of urea groups is 1. The van der Waals surface area contributed by atoms with Gasteiger partial charge in [-0.05, 0) is 19.3 Å². The first-order valence-electron chi connectivity index (χ1n) is 7.96. The molecule has 0 saturated heterocycles. The van der Waals surface area contributed by atoms with E-state index in [1.54, 1.807) is 0 Å². The van der Waals surface area contributed by atoms with Crippen molar-refractivity contribution < 1.29 is 9.59 Å². The summed E-state index contributed by atoms with van der Waals surface area (Å²) in [4.78, 5) is 21.9. The molecule has 0 unspecified atom stereocenters. The number of hydrogen-bond donors (Lipinski definition) is 3. The van der Waals surface area contributed by atoms with Crippen molar-refractivity contribution in [1.82, 2.24) is 10.6 Å². The number of nitrogens with two attached hydrogens (primary N) is 1. The van der Waals surface area contributed by atoms with Gasteiger partial charge in [0.15, 0.2) is 0 Å². The molecule has 4 N–H and O–H groups in total. The molecule has 0 aromatic heterocycles. The van der Waals surface area contributed by atoms with Gasteiger partial charge in [0.05, 0.1) is 0 Å². The molecule has 0 spiro atoms. The van der Waals surface area contributed by atoms with Crippen LogP contribution in [-0.4, -0.2) is 25.0 Å². The van der Waals surface area contributed by atoms with E-state index in [1.807, 2.05) is 0 Å². The van der Waals surface area contributed by atoms with Crippen LogP contribution in [0.3, 0.4) is 0 Å². The molecule has 0 aliphatic carbocycles. The zero-order chi connectivity index (χ0) is 15.1. The fraction of sp³-hybridized carbons (Fsp3) is 0.867. The summed E-state index contributed by atoms with van der Waals surface area (Å²) in [6, 6.07) is -0.0894. The molecule has 0 saturated carbocycles. The van der Waals surface area contributed by atoms with Crippen LogP contribution < -0.4 is 16.4 Å². The normalized spacial score (nSPS) is 10.2. The lowest BCUT2D eigenvalue weighted by Gasteiger charge is -2.07. The second-order valence-corrected chi connectivity index (χ2v) is 5.23. The molecule has 0 aromatic rings. The van der Waals surface area contributed by atoms with Gasteiger partial charge in [0, 0.05) is 19.5 Å². The number of nitrogens with one attached hydrogen (secondary N) is 2. The third-order valence-corrected chi connectivity index (χ3v) is 3.20. The van der Waals surface area contributed by atoms with Crippen LogP contribution in [0.5, 0.6) is 0 Å². The first-order chi connectivity index (χ1) is 9.66. The van der Waals surface area contributed by atoms with E-state index in [-0.39, 0.29) is 11.9 Å². The average Bonchev–Trinajstić information content (AvgIpc) is 2.41. The van der Waals surface area contributed by atoms with Crippen molar-refractivity contribution in [2.24, 2.45) is 5.73 Å². The van der Waals surface area contributed by atoms with Gasteiger partial charge in [-0.2, -0.15) is 0 Å². The number of carbonyl (C=O) groups excluding carboxylic acids is 2. The van der Waals surface area contributed by atoms with Gasteiger partial charge in [-0.25, -0.2) is 4.79 Å². The Hall–Kier alpha value is -1.26. The van der Waals surface area contributed by atoms with E-state index in [9.17, 15) is 9.59 Å². The van der Waals surface area contributed by atoms with Crippen LogP contribution in [0.15, 0.2) is 0 Å². The van der Waals surface area contributed by atoms with Gasteiger partial charge in [0.2, 0.25) is 5.91 Å². The van der Waals surface area contributed by atoms with Crippen molar-refractivity contribution in [1.29, 1.82) is 0 Å². The van der Waals surface area contributed by atoms with Crippen molar-refractivity contribution in [3.63, 3.8) is 0 Å². The number of amides is 3. The average molecular weight is 285 g/mol. The predicted octanol–water partition coefficient (Wildman–Crippen LogP) is 2.69. The van der Waals surface area contributed by atoms with Gasteiger partial charge in [0.25, 0.3) is 0 Å². The van der Waals surface area contributed by atoms with Crippen molar-refractivity contribution in [3.8, 4) is 0 Å². The fourth-order valence-corrected chi connectivity index (χ4v) is 1.97. The second kappa shape index (κ2) is 14.2. The maximum atomic E-state index is 11.4. The molecule has 0 bridgehead atoms. The monoisotopic (exact) mass is 285 g/mol. The molecule has 0 aliphatic heterocycles. The first kappa shape index (κ1) is 18.7. The maximum Gasteiger partial charge on any atom is 0.314 e. The van der Waals surface area contributed by atoms with Crippen LogP contribution in [0.25, 0.3) is 0 Å². The van der Waals surface area contributed by atoms with Gasteiger partial charge >= 0.3 is 6.03 Å². The molecular formula is C15H31N3O2. The Morgan fingerprint density at radius 2 is 1.30 bits per heavy atom. The number of carbonyl (C=O) groups is 2. The van der Waals surface area contributed by atoms with E-state index in [1.165, 1.54) is 32.1 Å². The quantitative estimate of drug-likeness (QED) is 0.455. The summed E-state index contributed by atoms with van der Waals surface area (Å²) >= 11 is 0. The Balaban J connectivity index is 3.19. The Kier molecular flexibility index (Phi) is 13.3. The SMILES string of the molecule is CCCCCCCCNC(=O)NCCCCCC(N)=O. The summed E-state index contributed by atoms with van der Waals surface area (Å²) < 4.78 is 0.